The van der Waals surface area contributed by atoms with Crippen molar-refractivity contribution in [2.24, 2.45) is 0 Å². The number of aliphatic hydroxyl groups excluding tert-OH is 1. The Hall–Kier alpha value is -2.42. The third-order valence-electron chi connectivity index (χ3n) is 6.00. The number of anilines is 1. The molecular formula is C22H26FN3O7S2. The summed E-state index contributed by atoms with van der Waals surface area (Å²) in [5.74, 6) is -1.33. The Morgan fingerprint density at radius 3 is 2.37 bits per heavy atom. The monoisotopic (exact) mass is 527 g/mol. The SMILES string of the molecule is Cc1ccc(NC(=O)[C@@H]2C[C@H](O)CN2S(=O)(=O)c2ccc(F)cc2)cc1S(=O)(=O)N1CCOCC1. The summed E-state index contributed by atoms with van der Waals surface area (Å²) in [4.78, 5) is 12.9. The molecule has 2 saturated heterocycles. The van der Waals surface area contributed by atoms with Crippen molar-refractivity contribution in [2.75, 3.05) is 38.2 Å². The van der Waals surface area contributed by atoms with E-state index in [1.807, 2.05) is 0 Å². The van der Waals surface area contributed by atoms with Crippen LogP contribution in [0.1, 0.15) is 12.0 Å². The number of morpholine rings is 1. The summed E-state index contributed by atoms with van der Waals surface area (Å²) >= 11 is 0. The first-order chi connectivity index (χ1) is 16.5. The predicted octanol–water partition coefficient (Wildman–Crippen LogP) is 0.918. The first kappa shape index (κ1) is 25.7. The number of rotatable bonds is 6. The van der Waals surface area contributed by atoms with Crippen LogP contribution in [-0.2, 0) is 29.6 Å². The number of hydrogen-bond acceptors (Lipinski definition) is 7. The van der Waals surface area contributed by atoms with Crippen molar-refractivity contribution in [1.82, 2.24) is 8.61 Å². The largest absolute Gasteiger partial charge is 0.392 e. The van der Waals surface area contributed by atoms with Crippen molar-refractivity contribution in [1.29, 1.82) is 0 Å². The molecule has 2 aromatic carbocycles. The van der Waals surface area contributed by atoms with Gasteiger partial charge in [-0.05, 0) is 48.9 Å². The Balaban J connectivity index is 1.58. The molecule has 13 heteroatoms. The van der Waals surface area contributed by atoms with Crippen molar-refractivity contribution in [3.8, 4) is 0 Å². The van der Waals surface area contributed by atoms with Crippen LogP contribution in [0.25, 0.3) is 0 Å². The minimum atomic E-state index is -4.20. The topological polar surface area (TPSA) is 133 Å². The quantitative estimate of drug-likeness (QED) is 0.571. The number of halogens is 1. The van der Waals surface area contributed by atoms with Crippen molar-refractivity contribution < 1.29 is 35.9 Å². The highest BCUT2D eigenvalue weighted by Gasteiger charge is 2.43. The van der Waals surface area contributed by atoms with Gasteiger partial charge in [-0.2, -0.15) is 8.61 Å². The van der Waals surface area contributed by atoms with E-state index in [0.29, 0.717) is 5.56 Å². The standard InChI is InChI=1S/C22H26FN3O7S2/c1-15-2-5-17(12-21(15)35(31,32)25-8-10-33-11-9-25)24-22(28)20-13-18(27)14-26(20)34(29,30)19-6-3-16(23)4-7-19/h2-7,12,18,20,27H,8-11,13-14H2,1H3,(H,24,28)/t18-,20-/m0/s1. The summed E-state index contributed by atoms with van der Waals surface area (Å²) in [5.41, 5.74) is 0.666. The molecule has 0 unspecified atom stereocenters. The van der Waals surface area contributed by atoms with Crippen molar-refractivity contribution in [3.05, 3.63) is 53.8 Å². The number of aryl methyl sites for hydroxylation is 1. The first-order valence-electron chi connectivity index (χ1n) is 10.9. The number of hydrogen-bond donors (Lipinski definition) is 2. The van der Waals surface area contributed by atoms with E-state index in [2.05, 4.69) is 5.32 Å². The van der Waals surface area contributed by atoms with Gasteiger partial charge in [-0.1, -0.05) is 6.07 Å². The van der Waals surface area contributed by atoms with E-state index in [1.54, 1.807) is 13.0 Å². The Bertz CT molecular complexity index is 1310. The number of ether oxygens (including phenoxy) is 1. The Labute approximate surface area is 203 Å². The molecule has 0 bridgehead atoms. The Morgan fingerprint density at radius 1 is 1.06 bits per heavy atom. The third kappa shape index (κ3) is 5.25. The van der Waals surface area contributed by atoms with Crippen molar-refractivity contribution >= 4 is 31.6 Å². The molecule has 1 amide bonds. The molecule has 0 spiro atoms. The number of nitrogens with zero attached hydrogens (tertiary/aromatic N) is 2. The lowest BCUT2D eigenvalue weighted by Gasteiger charge is -2.27. The highest BCUT2D eigenvalue weighted by Crippen LogP contribution is 2.29. The second-order valence-electron chi connectivity index (χ2n) is 8.42. The van der Waals surface area contributed by atoms with Gasteiger partial charge in [0.2, 0.25) is 26.0 Å². The maximum atomic E-state index is 13.3. The molecule has 2 N–H and O–H groups in total. The molecule has 4 rings (SSSR count). The molecular weight excluding hydrogens is 501 g/mol. The maximum absolute atomic E-state index is 13.3. The normalized spacial score (nSPS) is 22.3. The molecule has 2 heterocycles. The van der Waals surface area contributed by atoms with Gasteiger partial charge in [0.25, 0.3) is 0 Å². The molecule has 10 nitrogen and oxygen atoms in total. The molecule has 2 aliphatic heterocycles. The fourth-order valence-electron chi connectivity index (χ4n) is 4.14. The van der Waals surface area contributed by atoms with Gasteiger partial charge in [0.1, 0.15) is 11.9 Å². The van der Waals surface area contributed by atoms with E-state index >= 15 is 0 Å². The zero-order valence-corrected chi connectivity index (χ0v) is 20.6. The summed E-state index contributed by atoms with van der Waals surface area (Å²) < 4.78 is 73.1. The summed E-state index contributed by atoms with van der Waals surface area (Å²) in [6.07, 6.45) is -1.21. The average molecular weight is 528 g/mol. The van der Waals surface area contributed by atoms with Crippen molar-refractivity contribution in [3.63, 3.8) is 0 Å². The second-order valence-corrected chi connectivity index (χ2v) is 12.2. The molecule has 190 valence electrons. The van der Waals surface area contributed by atoms with Crippen LogP contribution in [0.15, 0.2) is 52.3 Å². The van der Waals surface area contributed by atoms with E-state index in [4.69, 9.17) is 4.74 Å². The smallest absolute Gasteiger partial charge is 0.243 e. The Morgan fingerprint density at radius 2 is 1.71 bits per heavy atom. The van der Waals surface area contributed by atoms with E-state index in [1.165, 1.54) is 16.4 Å². The lowest BCUT2D eigenvalue weighted by atomic mass is 10.2. The molecule has 0 saturated carbocycles. The van der Waals surface area contributed by atoms with Gasteiger partial charge in [0, 0.05) is 31.7 Å². The van der Waals surface area contributed by atoms with Crippen LogP contribution in [0.2, 0.25) is 0 Å². The highest BCUT2D eigenvalue weighted by molar-refractivity contribution is 7.89. The number of benzene rings is 2. The summed E-state index contributed by atoms with van der Waals surface area (Å²) in [7, 11) is -8.02. The minimum Gasteiger partial charge on any atom is -0.392 e. The molecule has 2 aliphatic rings. The lowest BCUT2D eigenvalue weighted by molar-refractivity contribution is -0.119. The number of nitrogens with one attached hydrogen (secondary N) is 1. The Kier molecular flexibility index (Phi) is 7.27. The van der Waals surface area contributed by atoms with E-state index in [9.17, 15) is 31.1 Å². The van der Waals surface area contributed by atoms with Crippen LogP contribution in [-0.4, -0.2) is 81.5 Å². The van der Waals surface area contributed by atoms with Crippen molar-refractivity contribution in [2.45, 2.75) is 35.3 Å². The number of β-amino-alcohol motifs (C(OH)–C–C–N with tert-alkyl or cyclic N) is 1. The molecule has 2 fully saturated rings. The van der Waals surface area contributed by atoms with Gasteiger partial charge >= 0.3 is 0 Å². The molecule has 2 aromatic rings. The average Bonchev–Trinajstić information content (AvgIpc) is 3.24. The summed E-state index contributed by atoms with van der Waals surface area (Å²) in [6.45, 7) is 2.35. The zero-order chi connectivity index (χ0) is 25.4. The highest BCUT2D eigenvalue weighted by atomic mass is 32.2. The molecule has 2 atom stereocenters. The number of carbonyl (C=O) groups is 1. The molecule has 35 heavy (non-hydrogen) atoms. The van der Waals surface area contributed by atoms with Gasteiger partial charge in [0.05, 0.1) is 29.1 Å². The second kappa shape index (κ2) is 9.91. The molecule has 0 radical (unpaired) electrons. The maximum Gasteiger partial charge on any atom is 0.243 e. The van der Waals surface area contributed by atoms with E-state index in [-0.39, 0.29) is 54.7 Å². The van der Waals surface area contributed by atoms with Crippen LogP contribution >= 0.6 is 0 Å². The van der Waals surface area contributed by atoms with Gasteiger partial charge < -0.3 is 15.2 Å². The molecule has 0 aromatic heterocycles. The van der Waals surface area contributed by atoms with Gasteiger partial charge in [-0.15, -0.1) is 0 Å². The van der Waals surface area contributed by atoms with Gasteiger partial charge in [-0.3, -0.25) is 4.79 Å². The van der Waals surface area contributed by atoms with Crippen LogP contribution in [0, 0.1) is 12.7 Å². The van der Waals surface area contributed by atoms with E-state index < -0.39 is 43.9 Å². The number of sulfonamides is 2. The number of carbonyl (C=O) groups excluding carboxylic acids is 1. The number of aliphatic hydroxyl groups is 1. The first-order valence-corrected chi connectivity index (χ1v) is 13.8. The van der Waals surface area contributed by atoms with Gasteiger partial charge in [0.15, 0.2) is 0 Å². The molecule has 0 aliphatic carbocycles. The van der Waals surface area contributed by atoms with Crippen LogP contribution < -0.4 is 5.32 Å². The van der Waals surface area contributed by atoms with Gasteiger partial charge in [-0.25, -0.2) is 21.2 Å². The summed E-state index contributed by atoms with van der Waals surface area (Å²) in [6, 6.07) is 7.35. The van der Waals surface area contributed by atoms with Crippen LogP contribution in [0.3, 0.4) is 0 Å². The zero-order valence-electron chi connectivity index (χ0n) is 18.9. The number of amides is 1. The third-order valence-corrected chi connectivity index (χ3v) is 9.93. The minimum absolute atomic E-state index is 0.0273. The van der Waals surface area contributed by atoms with Crippen LogP contribution in [0.4, 0.5) is 10.1 Å². The van der Waals surface area contributed by atoms with Crippen LogP contribution in [0.5, 0.6) is 0 Å². The summed E-state index contributed by atoms with van der Waals surface area (Å²) in [5, 5.41) is 12.7. The lowest BCUT2D eigenvalue weighted by Crippen LogP contribution is -2.43. The van der Waals surface area contributed by atoms with E-state index in [0.717, 1.165) is 28.6 Å². The predicted molar refractivity (Wildman–Crippen MR) is 124 cm³/mol. The fourth-order valence-corrected chi connectivity index (χ4v) is 7.43. The fraction of sp³-hybridized carbons (Fsp3) is 0.409.